The zero-order chi connectivity index (χ0) is 20.8. The van der Waals surface area contributed by atoms with Crippen LogP contribution in [0, 0.1) is 0 Å². The molecule has 0 aliphatic carbocycles. The van der Waals surface area contributed by atoms with Gasteiger partial charge in [0.2, 0.25) is 5.95 Å². The molecule has 0 bridgehead atoms. The number of hydrogen-bond acceptors (Lipinski definition) is 6. The van der Waals surface area contributed by atoms with E-state index in [1.807, 2.05) is 51.8 Å². The van der Waals surface area contributed by atoms with Crippen LogP contribution in [0.5, 0.6) is 0 Å². The summed E-state index contributed by atoms with van der Waals surface area (Å²) in [4.78, 5) is 21.5. The number of alkyl carbamates (subject to hydrolysis) is 1. The topological polar surface area (TPSA) is 79.0 Å². The third kappa shape index (κ3) is 7.13. The lowest BCUT2D eigenvalue weighted by atomic mass is 10.1. The van der Waals surface area contributed by atoms with E-state index >= 15 is 0 Å². The van der Waals surface area contributed by atoms with Crippen LogP contribution in [0.25, 0.3) is 11.0 Å². The number of H-pyrrole nitrogens is 1. The van der Waals surface area contributed by atoms with E-state index in [2.05, 4.69) is 39.7 Å². The molecular formula is C20H32N4O2S2. The van der Waals surface area contributed by atoms with E-state index in [1.54, 1.807) is 11.8 Å². The summed E-state index contributed by atoms with van der Waals surface area (Å²) in [5.74, 6) is 2.61. The Labute approximate surface area is 176 Å². The Balaban J connectivity index is 2.17. The fourth-order valence-electron chi connectivity index (χ4n) is 2.61. The molecule has 0 saturated carbocycles. The van der Waals surface area contributed by atoms with Crippen LogP contribution in [0.4, 0.5) is 10.7 Å². The SMILES string of the molecule is CCCSc1ccc2nc(NC(C)(CCSC)NC(=O)OC(C)(C)C)[nH]c2c1. The smallest absolute Gasteiger partial charge is 0.409 e. The van der Waals surface area contributed by atoms with Crippen LogP contribution in [-0.2, 0) is 4.74 Å². The average molecular weight is 425 g/mol. The van der Waals surface area contributed by atoms with Gasteiger partial charge in [-0.3, -0.25) is 5.32 Å². The molecule has 2 rings (SSSR count). The molecule has 0 spiro atoms. The van der Waals surface area contributed by atoms with Gasteiger partial charge in [0.25, 0.3) is 0 Å². The van der Waals surface area contributed by atoms with Crippen molar-refractivity contribution in [3.05, 3.63) is 18.2 Å². The Morgan fingerprint density at radius 1 is 1.25 bits per heavy atom. The molecule has 2 aromatic rings. The normalized spacial score (nSPS) is 13.9. The maximum atomic E-state index is 12.3. The summed E-state index contributed by atoms with van der Waals surface area (Å²) in [6.45, 7) is 9.69. The number of ether oxygens (including phenoxy) is 1. The second-order valence-electron chi connectivity index (χ2n) is 7.94. The van der Waals surface area contributed by atoms with Gasteiger partial charge in [-0.2, -0.15) is 11.8 Å². The van der Waals surface area contributed by atoms with Gasteiger partial charge >= 0.3 is 6.09 Å². The van der Waals surface area contributed by atoms with Crippen molar-refractivity contribution in [1.82, 2.24) is 15.3 Å². The first-order valence-corrected chi connectivity index (χ1v) is 11.9. The molecule has 1 unspecified atom stereocenters. The third-order valence-electron chi connectivity index (χ3n) is 3.90. The zero-order valence-electron chi connectivity index (χ0n) is 17.6. The highest BCUT2D eigenvalue weighted by atomic mass is 32.2. The van der Waals surface area contributed by atoms with Gasteiger partial charge in [-0.15, -0.1) is 11.8 Å². The van der Waals surface area contributed by atoms with E-state index in [1.165, 1.54) is 4.90 Å². The number of aromatic nitrogens is 2. The predicted octanol–water partition coefficient (Wildman–Crippen LogP) is 5.47. The number of nitrogens with zero attached hydrogens (tertiary/aromatic N) is 1. The van der Waals surface area contributed by atoms with Crippen molar-refractivity contribution in [2.24, 2.45) is 0 Å². The van der Waals surface area contributed by atoms with Gasteiger partial charge in [-0.05, 0) is 76.5 Å². The van der Waals surface area contributed by atoms with Crippen LogP contribution >= 0.6 is 23.5 Å². The summed E-state index contributed by atoms with van der Waals surface area (Å²) in [7, 11) is 0. The maximum Gasteiger partial charge on any atom is 0.409 e. The number of nitrogens with one attached hydrogen (secondary N) is 3. The first-order valence-electron chi connectivity index (χ1n) is 9.55. The van der Waals surface area contributed by atoms with Gasteiger partial charge in [0.15, 0.2) is 0 Å². The van der Waals surface area contributed by atoms with E-state index < -0.39 is 17.4 Å². The number of carbonyl (C=O) groups is 1. The fraction of sp³-hybridized carbons (Fsp3) is 0.600. The summed E-state index contributed by atoms with van der Waals surface area (Å²) >= 11 is 3.57. The highest BCUT2D eigenvalue weighted by Gasteiger charge is 2.29. The Bertz CT molecular complexity index is 788. The molecule has 0 aliphatic heterocycles. The number of thioether (sulfide) groups is 2. The van der Waals surface area contributed by atoms with Gasteiger partial charge in [-0.25, -0.2) is 9.78 Å². The van der Waals surface area contributed by atoms with Crippen LogP contribution in [-0.4, -0.2) is 45.1 Å². The maximum absolute atomic E-state index is 12.3. The monoisotopic (exact) mass is 424 g/mol. The van der Waals surface area contributed by atoms with Crippen molar-refractivity contribution in [3.63, 3.8) is 0 Å². The molecule has 28 heavy (non-hydrogen) atoms. The van der Waals surface area contributed by atoms with Gasteiger partial charge < -0.3 is 15.0 Å². The van der Waals surface area contributed by atoms with E-state index in [0.29, 0.717) is 5.95 Å². The van der Waals surface area contributed by atoms with Crippen molar-refractivity contribution >= 4 is 46.6 Å². The lowest BCUT2D eigenvalue weighted by Gasteiger charge is -2.32. The van der Waals surface area contributed by atoms with Crippen molar-refractivity contribution < 1.29 is 9.53 Å². The van der Waals surface area contributed by atoms with E-state index in [0.717, 1.165) is 35.4 Å². The second-order valence-corrected chi connectivity index (χ2v) is 10.1. The molecule has 0 aliphatic rings. The molecule has 1 aromatic heterocycles. The number of anilines is 1. The van der Waals surface area contributed by atoms with Crippen LogP contribution < -0.4 is 10.6 Å². The molecule has 3 N–H and O–H groups in total. The molecule has 156 valence electrons. The average Bonchev–Trinajstić information content (AvgIpc) is 2.97. The number of fused-ring (bicyclic) bond motifs is 1. The molecule has 1 aromatic carbocycles. The minimum atomic E-state index is -0.682. The molecule has 0 radical (unpaired) electrons. The number of benzene rings is 1. The van der Waals surface area contributed by atoms with Gasteiger partial charge in [0.1, 0.15) is 11.3 Å². The first-order chi connectivity index (χ1) is 13.1. The van der Waals surface area contributed by atoms with Crippen LogP contribution in [0.15, 0.2) is 23.1 Å². The fourth-order valence-corrected chi connectivity index (χ4v) is 4.03. The molecule has 0 fully saturated rings. The minimum Gasteiger partial charge on any atom is -0.444 e. The van der Waals surface area contributed by atoms with Crippen molar-refractivity contribution in [2.75, 3.05) is 23.1 Å². The summed E-state index contributed by atoms with van der Waals surface area (Å²) in [6.07, 6.45) is 3.47. The Hall–Kier alpha value is -1.54. The molecule has 1 heterocycles. The highest BCUT2D eigenvalue weighted by Crippen LogP contribution is 2.25. The van der Waals surface area contributed by atoms with E-state index in [-0.39, 0.29) is 0 Å². The van der Waals surface area contributed by atoms with Crippen molar-refractivity contribution in [2.45, 2.75) is 63.6 Å². The summed E-state index contributed by atoms with van der Waals surface area (Å²) in [5, 5.41) is 6.33. The molecular weight excluding hydrogens is 392 g/mol. The van der Waals surface area contributed by atoms with Gasteiger partial charge in [0, 0.05) is 4.90 Å². The lowest BCUT2D eigenvalue weighted by Crippen LogP contribution is -2.53. The number of carbonyl (C=O) groups excluding carboxylic acids is 1. The molecule has 1 atom stereocenters. The summed E-state index contributed by atoms with van der Waals surface area (Å²) in [5.41, 5.74) is 0.649. The highest BCUT2D eigenvalue weighted by molar-refractivity contribution is 7.99. The third-order valence-corrected chi connectivity index (χ3v) is 5.72. The van der Waals surface area contributed by atoms with Gasteiger partial charge in [0.05, 0.1) is 11.0 Å². The van der Waals surface area contributed by atoms with E-state index in [9.17, 15) is 4.79 Å². The molecule has 1 amide bonds. The van der Waals surface area contributed by atoms with E-state index in [4.69, 9.17) is 4.74 Å². The van der Waals surface area contributed by atoms with Gasteiger partial charge in [-0.1, -0.05) is 6.92 Å². The quantitative estimate of drug-likeness (QED) is 0.366. The van der Waals surface area contributed by atoms with Crippen LogP contribution in [0.1, 0.15) is 47.5 Å². The number of imidazole rings is 1. The zero-order valence-corrected chi connectivity index (χ0v) is 19.3. The Kier molecular flexibility index (Phi) is 7.95. The number of amides is 1. The Morgan fingerprint density at radius 2 is 2.00 bits per heavy atom. The predicted molar refractivity (Wildman–Crippen MR) is 122 cm³/mol. The van der Waals surface area contributed by atoms with Crippen molar-refractivity contribution in [1.29, 1.82) is 0 Å². The largest absolute Gasteiger partial charge is 0.444 e. The summed E-state index contributed by atoms with van der Waals surface area (Å²) in [6, 6.07) is 6.24. The molecule has 0 saturated heterocycles. The molecule has 8 heteroatoms. The second kappa shape index (κ2) is 9.78. The Morgan fingerprint density at radius 3 is 2.64 bits per heavy atom. The first kappa shape index (κ1) is 22.7. The number of rotatable bonds is 9. The number of aromatic amines is 1. The van der Waals surface area contributed by atoms with Crippen molar-refractivity contribution in [3.8, 4) is 0 Å². The number of hydrogen-bond donors (Lipinski definition) is 3. The van der Waals surface area contributed by atoms with Crippen LogP contribution in [0.3, 0.4) is 0 Å². The summed E-state index contributed by atoms with van der Waals surface area (Å²) < 4.78 is 5.43. The van der Waals surface area contributed by atoms with Crippen LogP contribution in [0.2, 0.25) is 0 Å². The standard InChI is InChI=1S/C20H32N4O2S2/c1-7-11-28-14-8-9-15-16(13-14)22-17(21-15)23-20(5,10-12-27-6)24-18(25)26-19(2,3)4/h8-9,13H,7,10-12H2,1-6H3,(H,24,25)(H2,21,22,23). The molecule has 6 nitrogen and oxygen atoms in total. The lowest BCUT2D eigenvalue weighted by molar-refractivity contribution is 0.0474. The minimum absolute atomic E-state index is 0.446.